The second-order valence-electron chi connectivity index (χ2n) is 6.51. The van der Waals surface area contributed by atoms with Gasteiger partial charge in [-0.25, -0.2) is 4.79 Å². The van der Waals surface area contributed by atoms with Gasteiger partial charge in [0.25, 0.3) is 0 Å². The van der Waals surface area contributed by atoms with Gasteiger partial charge >= 0.3 is 17.9 Å². The summed E-state index contributed by atoms with van der Waals surface area (Å²) in [6.07, 6.45) is -3.39. The van der Waals surface area contributed by atoms with Crippen LogP contribution >= 0.6 is 0 Å². The standard InChI is InChI=1S/C16H26N4O10/c1-6(17)13(26)18-8(3-4-10(22)23)14(27)19-9(5-11(24)25)15(28)20-12(7(2)21)16(29)30/h6-9,12,21H,3-5,17H2,1-2H3,(H,18,26)(H,19,27)(H,20,28)(H,22,23)(H,24,25)(H,29,30). The van der Waals surface area contributed by atoms with E-state index in [4.69, 9.17) is 21.1 Å². The lowest BCUT2D eigenvalue weighted by Crippen LogP contribution is -2.58. The fraction of sp³-hybridized carbons (Fsp3) is 0.625. The highest BCUT2D eigenvalue weighted by molar-refractivity contribution is 5.95. The number of hydrogen-bond donors (Lipinski definition) is 8. The van der Waals surface area contributed by atoms with Gasteiger partial charge < -0.3 is 42.1 Å². The Morgan fingerprint density at radius 2 is 1.30 bits per heavy atom. The van der Waals surface area contributed by atoms with Crippen molar-refractivity contribution < 1.29 is 49.2 Å². The molecule has 3 amide bonds. The first-order valence-corrected chi connectivity index (χ1v) is 8.77. The largest absolute Gasteiger partial charge is 0.481 e. The number of nitrogens with two attached hydrogens (primary N) is 1. The number of aliphatic hydroxyl groups excluding tert-OH is 1. The number of aliphatic hydroxyl groups is 1. The SMILES string of the molecule is CC(N)C(=O)NC(CCC(=O)O)C(=O)NC(CC(=O)O)C(=O)NC(C(=O)O)C(C)O. The highest BCUT2D eigenvalue weighted by atomic mass is 16.4. The molecule has 0 aliphatic rings. The van der Waals surface area contributed by atoms with Crippen molar-refractivity contribution in [2.75, 3.05) is 0 Å². The topological polar surface area (TPSA) is 245 Å². The zero-order valence-corrected chi connectivity index (χ0v) is 16.3. The Hall–Kier alpha value is -3.26. The summed E-state index contributed by atoms with van der Waals surface area (Å²) in [6, 6.07) is -6.03. The van der Waals surface area contributed by atoms with Crippen LogP contribution in [0.15, 0.2) is 0 Å². The summed E-state index contributed by atoms with van der Waals surface area (Å²) in [5.41, 5.74) is 5.39. The fourth-order valence-electron chi connectivity index (χ4n) is 2.14. The van der Waals surface area contributed by atoms with Crippen molar-refractivity contribution in [2.24, 2.45) is 5.73 Å². The van der Waals surface area contributed by atoms with E-state index < -0.39 is 78.7 Å². The van der Waals surface area contributed by atoms with Crippen molar-refractivity contribution in [1.82, 2.24) is 16.0 Å². The second kappa shape index (κ2) is 12.3. The number of carboxylic acid groups (broad SMARTS) is 3. The molecule has 0 aromatic rings. The molecule has 0 radical (unpaired) electrons. The van der Waals surface area contributed by atoms with Gasteiger partial charge in [0.15, 0.2) is 6.04 Å². The number of carboxylic acids is 3. The van der Waals surface area contributed by atoms with Crippen LogP contribution in [0.1, 0.15) is 33.1 Å². The lowest BCUT2D eigenvalue weighted by atomic mass is 10.1. The third kappa shape index (κ3) is 9.79. The molecule has 14 heteroatoms. The van der Waals surface area contributed by atoms with Gasteiger partial charge in [0.2, 0.25) is 17.7 Å². The van der Waals surface area contributed by atoms with E-state index in [0.29, 0.717) is 0 Å². The molecule has 0 saturated carbocycles. The molecular weight excluding hydrogens is 408 g/mol. The van der Waals surface area contributed by atoms with Gasteiger partial charge in [-0.1, -0.05) is 0 Å². The number of carbonyl (C=O) groups is 6. The zero-order valence-electron chi connectivity index (χ0n) is 16.3. The maximum absolute atomic E-state index is 12.5. The smallest absolute Gasteiger partial charge is 0.328 e. The molecule has 0 aromatic heterocycles. The maximum Gasteiger partial charge on any atom is 0.328 e. The Morgan fingerprint density at radius 3 is 1.70 bits per heavy atom. The quantitative estimate of drug-likeness (QED) is 0.142. The number of nitrogens with one attached hydrogen (secondary N) is 3. The van der Waals surface area contributed by atoms with E-state index in [1.165, 1.54) is 6.92 Å². The van der Waals surface area contributed by atoms with Gasteiger partial charge in [0.1, 0.15) is 12.1 Å². The minimum Gasteiger partial charge on any atom is -0.481 e. The predicted octanol–water partition coefficient (Wildman–Crippen LogP) is -3.41. The van der Waals surface area contributed by atoms with E-state index in [-0.39, 0.29) is 6.42 Å². The summed E-state index contributed by atoms with van der Waals surface area (Å²) in [5, 5.41) is 42.3. The van der Waals surface area contributed by atoms with Crippen molar-refractivity contribution >= 4 is 35.6 Å². The molecule has 0 aliphatic heterocycles. The molecule has 0 bridgehead atoms. The number of aliphatic carboxylic acids is 3. The minimum absolute atomic E-state index is 0.382. The highest BCUT2D eigenvalue weighted by Gasteiger charge is 2.32. The molecule has 14 nitrogen and oxygen atoms in total. The van der Waals surface area contributed by atoms with E-state index in [1.54, 1.807) is 0 Å². The molecule has 0 aromatic carbocycles. The Labute approximate surface area is 170 Å². The van der Waals surface area contributed by atoms with Crippen molar-refractivity contribution in [3.05, 3.63) is 0 Å². The van der Waals surface area contributed by atoms with Gasteiger partial charge in [-0.05, 0) is 20.3 Å². The Kier molecular flexibility index (Phi) is 11.0. The summed E-state index contributed by atoms with van der Waals surface area (Å²) in [5.74, 6) is -7.46. The maximum atomic E-state index is 12.5. The number of amides is 3. The van der Waals surface area contributed by atoms with Crippen LogP contribution < -0.4 is 21.7 Å². The lowest BCUT2D eigenvalue weighted by Gasteiger charge is -2.24. The molecule has 5 unspecified atom stereocenters. The third-order valence-corrected chi connectivity index (χ3v) is 3.75. The number of rotatable bonds is 13. The average Bonchev–Trinajstić information content (AvgIpc) is 2.60. The first kappa shape index (κ1) is 26.7. The van der Waals surface area contributed by atoms with Gasteiger partial charge in [-0.2, -0.15) is 0 Å². The van der Waals surface area contributed by atoms with Crippen molar-refractivity contribution in [1.29, 1.82) is 0 Å². The Morgan fingerprint density at radius 1 is 0.800 bits per heavy atom. The normalized spacial score (nSPS) is 15.6. The van der Waals surface area contributed by atoms with Crippen LogP contribution in [0.3, 0.4) is 0 Å². The van der Waals surface area contributed by atoms with Crippen molar-refractivity contribution in [3.8, 4) is 0 Å². The predicted molar refractivity (Wildman–Crippen MR) is 97.9 cm³/mol. The van der Waals surface area contributed by atoms with Crippen LogP contribution in [-0.4, -0.2) is 86.3 Å². The van der Waals surface area contributed by atoms with Crippen molar-refractivity contribution in [2.45, 2.75) is 63.4 Å². The molecule has 30 heavy (non-hydrogen) atoms. The first-order chi connectivity index (χ1) is 13.8. The number of carbonyl (C=O) groups excluding carboxylic acids is 3. The summed E-state index contributed by atoms with van der Waals surface area (Å²) in [6.45, 7) is 2.39. The summed E-state index contributed by atoms with van der Waals surface area (Å²) < 4.78 is 0. The van der Waals surface area contributed by atoms with Crippen LogP contribution in [0.25, 0.3) is 0 Å². The molecule has 0 spiro atoms. The van der Waals surface area contributed by atoms with Gasteiger partial charge in [-0.15, -0.1) is 0 Å². The minimum atomic E-state index is -1.77. The van der Waals surface area contributed by atoms with Crippen LogP contribution in [0.2, 0.25) is 0 Å². The molecule has 5 atom stereocenters. The zero-order chi connectivity index (χ0) is 23.6. The van der Waals surface area contributed by atoms with E-state index in [0.717, 1.165) is 6.92 Å². The molecule has 0 rings (SSSR count). The summed E-state index contributed by atoms with van der Waals surface area (Å²) >= 11 is 0. The van der Waals surface area contributed by atoms with Gasteiger partial charge in [0, 0.05) is 6.42 Å². The van der Waals surface area contributed by atoms with Gasteiger partial charge in [0.05, 0.1) is 18.6 Å². The molecule has 0 aliphatic carbocycles. The molecule has 9 N–H and O–H groups in total. The summed E-state index contributed by atoms with van der Waals surface area (Å²) in [7, 11) is 0. The summed E-state index contributed by atoms with van der Waals surface area (Å²) in [4.78, 5) is 69.4. The molecular formula is C16H26N4O10. The van der Waals surface area contributed by atoms with Gasteiger partial charge in [-0.3, -0.25) is 24.0 Å². The monoisotopic (exact) mass is 434 g/mol. The van der Waals surface area contributed by atoms with E-state index >= 15 is 0 Å². The second-order valence-corrected chi connectivity index (χ2v) is 6.51. The molecule has 0 saturated heterocycles. The van der Waals surface area contributed by atoms with E-state index in [2.05, 4.69) is 5.32 Å². The van der Waals surface area contributed by atoms with Crippen LogP contribution in [0.5, 0.6) is 0 Å². The molecule has 0 fully saturated rings. The Balaban J connectivity index is 5.49. The lowest BCUT2D eigenvalue weighted by molar-refractivity contribution is -0.146. The average molecular weight is 434 g/mol. The van der Waals surface area contributed by atoms with Crippen LogP contribution in [0, 0.1) is 0 Å². The van der Waals surface area contributed by atoms with E-state index in [1.807, 2.05) is 10.6 Å². The third-order valence-electron chi connectivity index (χ3n) is 3.75. The van der Waals surface area contributed by atoms with Crippen LogP contribution in [-0.2, 0) is 28.8 Å². The number of hydrogen-bond acceptors (Lipinski definition) is 8. The first-order valence-electron chi connectivity index (χ1n) is 8.77. The fourth-order valence-corrected chi connectivity index (χ4v) is 2.14. The van der Waals surface area contributed by atoms with Crippen LogP contribution in [0.4, 0.5) is 0 Å². The highest BCUT2D eigenvalue weighted by Crippen LogP contribution is 2.03. The Bertz CT molecular complexity index is 679. The molecule has 0 heterocycles. The molecule has 170 valence electrons. The van der Waals surface area contributed by atoms with Crippen molar-refractivity contribution in [3.63, 3.8) is 0 Å². The van der Waals surface area contributed by atoms with E-state index in [9.17, 15) is 33.9 Å².